The fraction of sp³-hybridized carbons (Fsp3) is 0.500. The van der Waals surface area contributed by atoms with Gasteiger partial charge >= 0.3 is 0 Å². The number of fused-ring (bicyclic) bond motifs is 1. The molecule has 2 rings (SSSR count). The highest BCUT2D eigenvalue weighted by molar-refractivity contribution is 7.71. The van der Waals surface area contributed by atoms with Gasteiger partial charge in [-0.25, -0.2) is 4.98 Å². The second-order valence-electron chi connectivity index (χ2n) is 4.70. The van der Waals surface area contributed by atoms with Crippen molar-refractivity contribution in [3.63, 3.8) is 0 Å². The van der Waals surface area contributed by atoms with E-state index in [0.717, 1.165) is 28.8 Å². The topological polar surface area (TPSA) is 33.6 Å². The maximum atomic E-state index is 5.38. The molecule has 2 aromatic rings. The van der Waals surface area contributed by atoms with Gasteiger partial charge in [0.15, 0.2) is 10.4 Å². The van der Waals surface area contributed by atoms with E-state index in [1.54, 1.807) is 0 Å². The van der Waals surface area contributed by atoms with Crippen LogP contribution in [0, 0.1) is 4.77 Å². The zero-order valence-corrected chi connectivity index (χ0v) is 10.8. The molecule has 16 heavy (non-hydrogen) atoms. The van der Waals surface area contributed by atoms with Gasteiger partial charge in [-0.05, 0) is 44.6 Å². The highest BCUT2D eigenvalue weighted by Gasteiger charge is 2.22. The maximum absolute atomic E-state index is 5.38. The molecule has 2 heterocycles. The average molecular weight is 235 g/mol. The monoisotopic (exact) mass is 235 g/mol. The van der Waals surface area contributed by atoms with Crippen LogP contribution in [0.4, 0.5) is 0 Å². The summed E-state index contributed by atoms with van der Waals surface area (Å²) in [4.78, 5) is 7.62. The van der Waals surface area contributed by atoms with Gasteiger partial charge in [0.05, 0.1) is 5.52 Å². The van der Waals surface area contributed by atoms with E-state index in [2.05, 4.69) is 35.3 Å². The smallest absolute Gasteiger partial charge is 0.179 e. The van der Waals surface area contributed by atoms with Crippen molar-refractivity contribution >= 4 is 23.4 Å². The second-order valence-corrected chi connectivity index (χ2v) is 5.09. The molecule has 0 aliphatic rings. The van der Waals surface area contributed by atoms with Gasteiger partial charge in [0, 0.05) is 11.7 Å². The molecule has 86 valence electrons. The number of pyridine rings is 1. The fourth-order valence-corrected chi connectivity index (χ4v) is 2.67. The Balaban J connectivity index is 2.68. The lowest BCUT2D eigenvalue weighted by Crippen LogP contribution is -2.26. The fourth-order valence-electron chi connectivity index (χ4n) is 2.23. The molecule has 0 saturated heterocycles. The van der Waals surface area contributed by atoms with E-state index in [1.165, 1.54) is 0 Å². The van der Waals surface area contributed by atoms with Crippen molar-refractivity contribution in [1.29, 1.82) is 0 Å². The molecule has 0 aromatic carbocycles. The van der Waals surface area contributed by atoms with Crippen LogP contribution in [0.1, 0.15) is 33.6 Å². The maximum Gasteiger partial charge on any atom is 0.179 e. The van der Waals surface area contributed by atoms with Crippen LogP contribution >= 0.6 is 12.2 Å². The first kappa shape index (κ1) is 11.3. The van der Waals surface area contributed by atoms with Gasteiger partial charge in [-0.15, -0.1) is 0 Å². The van der Waals surface area contributed by atoms with Crippen molar-refractivity contribution in [2.75, 3.05) is 0 Å². The number of aromatic nitrogens is 3. The van der Waals surface area contributed by atoms with Crippen LogP contribution in [-0.4, -0.2) is 14.5 Å². The van der Waals surface area contributed by atoms with E-state index >= 15 is 0 Å². The summed E-state index contributed by atoms with van der Waals surface area (Å²) in [7, 11) is 0. The third-order valence-electron chi connectivity index (χ3n) is 2.91. The number of rotatable bonds is 3. The largest absolute Gasteiger partial charge is 0.329 e. The van der Waals surface area contributed by atoms with Crippen LogP contribution in [-0.2, 0) is 5.54 Å². The second kappa shape index (κ2) is 4.01. The van der Waals surface area contributed by atoms with Crippen LogP contribution in [0.3, 0.4) is 0 Å². The van der Waals surface area contributed by atoms with Crippen molar-refractivity contribution in [3.05, 3.63) is 23.1 Å². The summed E-state index contributed by atoms with van der Waals surface area (Å²) < 4.78 is 2.88. The van der Waals surface area contributed by atoms with Crippen molar-refractivity contribution < 1.29 is 0 Å². The van der Waals surface area contributed by atoms with Crippen molar-refractivity contribution in [1.82, 2.24) is 14.5 Å². The molecule has 0 spiro atoms. The average Bonchev–Trinajstić information content (AvgIpc) is 2.53. The normalized spacial score (nSPS) is 12.2. The minimum Gasteiger partial charge on any atom is -0.329 e. The van der Waals surface area contributed by atoms with Gasteiger partial charge in [0.2, 0.25) is 0 Å². The molecule has 0 aliphatic carbocycles. The summed E-state index contributed by atoms with van der Waals surface area (Å²) in [6.45, 7) is 6.59. The lowest BCUT2D eigenvalue weighted by Gasteiger charge is -2.26. The zero-order valence-electron chi connectivity index (χ0n) is 9.95. The summed E-state index contributed by atoms with van der Waals surface area (Å²) in [5, 5.41) is 0. The summed E-state index contributed by atoms with van der Waals surface area (Å²) in [6.07, 6.45) is 4.03. The highest BCUT2D eigenvalue weighted by atomic mass is 32.1. The predicted molar refractivity (Wildman–Crippen MR) is 69.1 cm³/mol. The van der Waals surface area contributed by atoms with Crippen LogP contribution in [0.15, 0.2) is 18.3 Å². The van der Waals surface area contributed by atoms with Gasteiger partial charge in [0.25, 0.3) is 0 Å². The molecule has 0 atom stereocenters. The van der Waals surface area contributed by atoms with Gasteiger partial charge in [-0.3, -0.25) is 4.57 Å². The van der Waals surface area contributed by atoms with Gasteiger partial charge in [-0.2, -0.15) is 0 Å². The molecule has 1 N–H and O–H groups in total. The molecular formula is C12H17N3S. The standard InChI is InChI=1S/C12H17N3S/c1-4-7-12(2,3)15-10-9(14-11(15)16)6-5-8-13-10/h5-6,8H,4,7H2,1-3H3,(H,14,16). The molecular weight excluding hydrogens is 218 g/mol. The molecule has 2 aromatic heterocycles. The molecule has 0 radical (unpaired) electrons. The van der Waals surface area contributed by atoms with E-state index in [1.807, 2.05) is 18.3 Å². The Kier molecular flexibility index (Phi) is 2.84. The molecule has 0 amide bonds. The SMILES string of the molecule is CCCC(C)(C)n1c(=S)[nH]c2cccnc21. The van der Waals surface area contributed by atoms with E-state index in [4.69, 9.17) is 12.2 Å². The summed E-state index contributed by atoms with van der Waals surface area (Å²) >= 11 is 5.38. The Morgan fingerprint density at radius 2 is 2.25 bits per heavy atom. The first-order valence-corrected chi connectivity index (χ1v) is 6.03. The number of nitrogens with zero attached hydrogens (tertiary/aromatic N) is 2. The van der Waals surface area contributed by atoms with Crippen molar-refractivity contribution in [3.8, 4) is 0 Å². The number of aromatic amines is 1. The Hall–Kier alpha value is -1.16. The van der Waals surface area contributed by atoms with Crippen molar-refractivity contribution in [2.24, 2.45) is 0 Å². The number of hydrogen-bond donors (Lipinski definition) is 1. The minimum atomic E-state index is 0.0123. The predicted octanol–water partition coefficient (Wildman–Crippen LogP) is 3.63. The zero-order chi connectivity index (χ0) is 11.8. The molecule has 3 nitrogen and oxygen atoms in total. The van der Waals surface area contributed by atoms with E-state index < -0.39 is 0 Å². The Bertz CT molecular complexity index is 551. The number of imidazole rings is 1. The van der Waals surface area contributed by atoms with Crippen LogP contribution in [0.25, 0.3) is 11.2 Å². The lowest BCUT2D eigenvalue weighted by atomic mass is 9.99. The minimum absolute atomic E-state index is 0.0123. The number of hydrogen-bond acceptors (Lipinski definition) is 2. The quantitative estimate of drug-likeness (QED) is 0.824. The first-order chi connectivity index (χ1) is 7.56. The summed E-state index contributed by atoms with van der Waals surface area (Å²) in [6, 6.07) is 3.93. The third kappa shape index (κ3) is 1.78. The summed E-state index contributed by atoms with van der Waals surface area (Å²) in [5.41, 5.74) is 1.97. The summed E-state index contributed by atoms with van der Waals surface area (Å²) in [5.74, 6) is 0. The van der Waals surface area contributed by atoms with Gasteiger partial charge < -0.3 is 4.98 Å². The Morgan fingerprint density at radius 1 is 1.50 bits per heavy atom. The first-order valence-electron chi connectivity index (χ1n) is 5.62. The van der Waals surface area contributed by atoms with Gasteiger partial charge in [0.1, 0.15) is 0 Å². The number of H-pyrrole nitrogens is 1. The third-order valence-corrected chi connectivity index (χ3v) is 3.19. The molecule has 0 fully saturated rings. The Labute approximate surface area is 101 Å². The van der Waals surface area contributed by atoms with Crippen molar-refractivity contribution in [2.45, 2.75) is 39.2 Å². The highest BCUT2D eigenvalue weighted by Crippen LogP contribution is 2.26. The number of nitrogens with one attached hydrogen (secondary N) is 1. The molecule has 4 heteroatoms. The van der Waals surface area contributed by atoms with Crippen LogP contribution in [0.5, 0.6) is 0 Å². The lowest BCUT2D eigenvalue weighted by molar-refractivity contribution is 0.328. The molecule has 0 unspecified atom stereocenters. The Morgan fingerprint density at radius 3 is 2.94 bits per heavy atom. The van der Waals surface area contributed by atoms with Crippen LogP contribution < -0.4 is 0 Å². The van der Waals surface area contributed by atoms with Crippen LogP contribution in [0.2, 0.25) is 0 Å². The van der Waals surface area contributed by atoms with E-state index in [-0.39, 0.29) is 5.54 Å². The molecule has 0 bridgehead atoms. The molecule has 0 aliphatic heterocycles. The molecule has 0 saturated carbocycles. The van der Waals surface area contributed by atoms with Gasteiger partial charge in [-0.1, -0.05) is 13.3 Å². The van der Waals surface area contributed by atoms with E-state index in [0.29, 0.717) is 0 Å². The van der Waals surface area contributed by atoms with E-state index in [9.17, 15) is 0 Å².